The van der Waals surface area contributed by atoms with Crippen molar-refractivity contribution >= 4 is 15.9 Å². The fourth-order valence-corrected chi connectivity index (χ4v) is 3.29. The summed E-state index contributed by atoms with van der Waals surface area (Å²) in [5.41, 5.74) is 8.80. The van der Waals surface area contributed by atoms with Crippen LogP contribution in [-0.2, 0) is 5.41 Å². The van der Waals surface area contributed by atoms with E-state index in [1.165, 1.54) is 11.1 Å². The molecule has 88 valence electrons. The number of nitrogens with two attached hydrogens (primary N) is 1. The van der Waals surface area contributed by atoms with Crippen LogP contribution in [0.25, 0.3) is 0 Å². The highest BCUT2D eigenvalue weighted by Crippen LogP contribution is 2.50. The lowest BCUT2D eigenvalue weighted by Gasteiger charge is -2.22. The third-order valence-corrected chi connectivity index (χ3v) is 3.92. The lowest BCUT2D eigenvalue weighted by atomic mass is 9.86. The van der Waals surface area contributed by atoms with Crippen molar-refractivity contribution in [3.05, 3.63) is 27.7 Å². The van der Waals surface area contributed by atoms with E-state index >= 15 is 0 Å². The molecule has 0 heterocycles. The Balaban J connectivity index is 2.62. The molecule has 2 N–H and O–H groups in total. The van der Waals surface area contributed by atoms with E-state index in [2.05, 4.69) is 29.8 Å². The minimum atomic E-state index is 0.100. The largest absolute Gasteiger partial charge is 0.494 e. The second-order valence-electron chi connectivity index (χ2n) is 4.96. The first kappa shape index (κ1) is 11.9. The molecule has 2 nitrogen and oxygen atoms in total. The third kappa shape index (κ3) is 1.76. The zero-order valence-electron chi connectivity index (χ0n) is 10.0. The Morgan fingerprint density at radius 3 is 2.81 bits per heavy atom. The van der Waals surface area contributed by atoms with E-state index in [-0.39, 0.29) is 11.5 Å². The van der Waals surface area contributed by atoms with E-state index in [4.69, 9.17) is 10.5 Å². The van der Waals surface area contributed by atoms with Gasteiger partial charge in [0.2, 0.25) is 0 Å². The molecule has 0 saturated heterocycles. The topological polar surface area (TPSA) is 35.2 Å². The number of fused-ring (bicyclic) bond motifs is 1. The Bertz CT molecular complexity index is 415. The van der Waals surface area contributed by atoms with Crippen LogP contribution in [0, 0.1) is 0 Å². The van der Waals surface area contributed by atoms with E-state index in [9.17, 15) is 0 Å². The van der Waals surface area contributed by atoms with E-state index in [0.29, 0.717) is 6.61 Å². The van der Waals surface area contributed by atoms with Crippen molar-refractivity contribution in [3.8, 4) is 5.75 Å². The van der Waals surface area contributed by atoms with Crippen molar-refractivity contribution in [1.82, 2.24) is 0 Å². The minimum absolute atomic E-state index is 0.100. The molecule has 1 aliphatic rings. The molecule has 0 radical (unpaired) electrons. The van der Waals surface area contributed by atoms with Crippen LogP contribution in [-0.4, -0.2) is 6.61 Å². The Morgan fingerprint density at radius 1 is 1.50 bits per heavy atom. The summed E-state index contributed by atoms with van der Waals surface area (Å²) in [7, 11) is 0. The first-order valence-corrected chi connectivity index (χ1v) is 6.48. The average Bonchev–Trinajstić information content (AvgIpc) is 2.43. The van der Waals surface area contributed by atoms with Gasteiger partial charge in [0.15, 0.2) is 0 Å². The van der Waals surface area contributed by atoms with Gasteiger partial charge in [-0.25, -0.2) is 0 Å². The molecule has 0 bridgehead atoms. The molecule has 0 aliphatic heterocycles. The minimum Gasteiger partial charge on any atom is -0.494 e. The highest BCUT2D eigenvalue weighted by atomic mass is 79.9. The smallest absolute Gasteiger partial charge is 0.123 e. The fourth-order valence-electron chi connectivity index (χ4n) is 2.66. The second kappa shape index (κ2) is 4.04. The van der Waals surface area contributed by atoms with Crippen molar-refractivity contribution in [2.45, 2.75) is 38.6 Å². The lowest BCUT2D eigenvalue weighted by Crippen LogP contribution is -2.15. The molecular weight excluding hydrogens is 266 g/mol. The van der Waals surface area contributed by atoms with Crippen molar-refractivity contribution in [2.75, 3.05) is 6.61 Å². The zero-order valence-corrected chi connectivity index (χ0v) is 11.6. The predicted octanol–water partition coefficient (Wildman–Crippen LogP) is 3.53. The first-order valence-electron chi connectivity index (χ1n) is 5.68. The summed E-state index contributed by atoms with van der Waals surface area (Å²) in [6, 6.07) is 4.18. The van der Waals surface area contributed by atoms with Crippen LogP contribution >= 0.6 is 15.9 Å². The molecule has 1 aliphatic carbocycles. The molecule has 0 unspecified atom stereocenters. The third-order valence-electron chi connectivity index (χ3n) is 3.23. The van der Waals surface area contributed by atoms with Crippen LogP contribution in [0.15, 0.2) is 16.6 Å². The summed E-state index contributed by atoms with van der Waals surface area (Å²) in [5, 5.41) is 0. The highest BCUT2D eigenvalue weighted by Gasteiger charge is 2.39. The Morgan fingerprint density at radius 2 is 2.19 bits per heavy atom. The predicted molar refractivity (Wildman–Crippen MR) is 69.9 cm³/mol. The number of hydrogen-bond donors (Lipinski definition) is 1. The van der Waals surface area contributed by atoms with Gasteiger partial charge in [0.25, 0.3) is 0 Å². The molecule has 16 heavy (non-hydrogen) atoms. The number of rotatable bonds is 2. The van der Waals surface area contributed by atoms with E-state index < -0.39 is 0 Å². The maximum Gasteiger partial charge on any atom is 0.123 e. The Labute approximate surface area is 105 Å². The Hall–Kier alpha value is -0.540. The summed E-state index contributed by atoms with van der Waals surface area (Å²) in [5.74, 6) is 0.985. The molecule has 1 aromatic rings. The standard InChI is InChI=1S/C13H18BrNO/c1-4-16-10-6-5-8(14)11-9(15)7-13(2,3)12(10)11/h5-6,9H,4,7,15H2,1-3H3/t9-/m1/s1. The number of benzene rings is 1. The maximum atomic E-state index is 6.20. The molecule has 0 saturated carbocycles. The normalized spacial score (nSPS) is 21.9. The van der Waals surface area contributed by atoms with Crippen LogP contribution in [0.5, 0.6) is 5.75 Å². The molecule has 0 amide bonds. The van der Waals surface area contributed by atoms with Gasteiger partial charge >= 0.3 is 0 Å². The molecule has 2 rings (SSSR count). The van der Waals surface area contributed by atoms with Gasteiger partial charge in [-0.05, 0) is 36.5 Å². The van der Waals surface area contributed by atoms with Crippen LogP contribution in [0.2, 0.25) is 0 Å². The van der Waals surface area contributed by atoms with E-state index in [1.807, 2.05) is 19.1 Å². The van der Waals surface area contributed by atoms with Gasteiger partial charge in [0.05, 0.1) is 6.61 Å². The van der Waals surface area contributed by atoms with Gasteiger partial charge in [-0.3, -0.25) is 0 Å². The molecule has 1 atom stereocenters. The monoisotopic (exact) mass is 283 g/mol. The van der Waals surface area contributed by atoms with Crippen molar-refractivity contribution < 1.29 is 4.74 Å². The van der Waals surface area contributed by atoms with Gasteiger partial charge in [-0.1, -0.05) is 29.8 Å². The van der Waals surface area contributed by atoms with Crippen molar-refractivity contribution in [3.63, 3.8) is 0 Å². The van der Waals surface area contributed by atoms with Crippen molar-refractivity contribution in [1.29, 1.82) is 0 Å². The molecule has 1 aromatic carbocycles. The van der Waals surface area contributed by atoms with Gasteiger partial charge < -0.3 is 10.5 Å². The SMILES string of the molecule is CCOc1ccc(Br)c2c1C(C)(C)C[C@H]2N. The summed E-state index contributed by atoms with van der Waals surface area (Å²) in [4.78, 5) is 0. The number of ether oxygens (including phenoxy) is 1. The molecule has 0 spiro atoms. The van der Waals surface area contributed by atoms with Gasteiger partial charge in [-0.2, -0.15) is 0 Å². The van der Waals surface area contributed by atoms with Gasteiger partial charge in [-0.15, -0.1) is 0 Å². The Kier molecular flexibility index (Phi) is 3.01. The lowest BCUT2D eigenvalue weighted by molar-refractivity contribution is 0.328. The molecule has 3 heteroatoms. The summed E-state index contributed by atoms with van der Waals surface area (Å²) in [6.45, 7) is 7.16. The van der Waals surface area contributed by atoms with Crippen LogP contribution in [0.4, 0.5) is 0 Å². The summed E-state index contributed by atoms with van der Waals surface area (Å²) >= 11 is 3.59. The van der Waals surface area contributed by atoms with Gasteiger partial charge in [0, 0.05) is 16.1 Å². The highest BCUT2D eigenvalue weighted by molar-refractivity contribution is 9.10. The van der Waals surface area contributed by atoms with Crippen molar-refractivity contribution in [2.24, 2.45) is 5.73 Å². The van der Waals surface area contributed by atoms with Crippen LogP contribution in [0.1, 0.15) is 44.4 Å². The zero-order chi connectivity index (χ0) is 11.9. The average molecular weight is 284 g/mol. The van der Waals surface area contributed by atoms with E-state index in [1.54, 1.807) is 0 Å². The van der Waals surface area contributed by atoms with E-state index in [0.717, 1.165) is 16.6 Å². The quantitative estimate of drug-likeness (QED) is 0.901. The summed E-state index contributed by atoms with van der Waals surface area (Å²) < 4.78 is 6.81. The molecule has 0 aromatic heterocycles. The second-order valence-corrected chi connectivity index (χ2v) is 5.82. The molecular formula is C13H18BrNO. The molecule has 0 fully saturated rings. The van der Waals surface area contributed by atoms with Crippen LogP contribution < -0.4 is 10.5 Å². The summed E-state index contributed by atoms with van der Waals surface area (Å²) in [6.07, 6.45) is 0.977. The number of halogens is 1. The number of hydrogen-bond acceptors (Lipinski definition) is 2. The fraction of sp³-hybridized carbons (Fsp3) is 0.538. The first-order chi connectivity index (χ1) is 7.47. The van der Waals surface area contributed by atoms with Gasteiger partial charge in [0.1, 0.15) is 5.75 Å². The van der Waals surface area contributed by atoms with Crippen LogP contribution in [0.3, 0.4) is 0 Å². The maximum absolute atomic E-state index is 6.20.